The summed E-state index contributed by atoms with van der Waals surface area (Å²) in [7, 11) is 0. The van der Waals surface area contributed by atoms with Crippen molar-refractivity contribution in [2.45, 2.75) is 26.1 Å². The summed E-state index contributed by atoms with van der Waals surface area (Å²) in [6.45, 7) is 6.69. The van der Waals surface area contributed by atoms with E-state index in [4.69, 9.17) is 9.47 Å². The Kier molecular flexibility index (Phi) is 6.62. The summed E-state index contributed by atoms with van der Waals surface area (Å²) in [6, 6.07) is 22.4. The molecular formula is C25H28N2O3. The van der Waals surface area contributed by atoms with Gasteiger partial charge >= 0.3 is 0 Å². The predicted octanol–water partition coefficient (Wildman–Crippen LogP) is 3.76. The largest absolute Gasteiger partial charge is 0.481 e. The molecule has 1 amide bonds. The summed E-state index contributed by atoms with van der Waals surface area (Å²) < 4.78 is 11.3. The van der Waals surface area contributed by atoms with Gasteiger partial charge < -0.3 is 14.8 Å². The topological polar surface area (TPSA) is 50.8 Å². The van der Waals surface area contributed by atoms with E-state index in [-0.39, 0.29) is 5.91 Å². The Morgan fingerprint density at radius 3 is 2.60 bits per heavy atom. The van der Waals surface area contributed by atoms with Crippen molar-refractivity contribution in [3.05, 3.63) is 77.9 Å². The minimum atomic E-state index is -0.567. The number of nitrogens with one attached hydrogen (secondary N) is 1. The lowest BCUT2D eigenvalue weighted by atomic mass is 10.1. The van der Waals surface area contributed by atoms with Gasteiger partial charge in [0.25, 0.3) is 5.91 Å². The number of hydrogen-bond acceptors (Lipinski definition) is 4. The van der Waals surface area contributed by atoms with E-state index in [2.05, 4.69) is 28.4 Å². The molecule has 0 aromatic heterocycles. The number of benzene rings is 3. The van der Waals surface area contributed by atoms with Crippen LogP contribution >= 0.6 is 0 Å². The number of hydrogen-bond donors (Lipinski definition) is 1. The molecule has 4 rings (SSSR count). The van der Waals surface area contributed by atoms with Crippen LogP contribution in [0.2, 0.25) is 0 Å². The van der Waals surface area contributed by atoms with E-state index in [1.54, 1.807) is 6.92 Å². The highest BCUT2D eigenvalue weighted by atomic mass is 16.5. The summed E-state index contributed by atoms with van der Waals surface area (Å²) in [4.78, 5) is 14.9. The Balaban J connectivity index is 1.30. The fraction of sp³-hybridized carbons (Fsp3) is 0.320. The molecule has 0 aliphatic carbocycles. The molecule has 1 atom stereocenters. The lowest BCUT2D eigenvalue weighted by molar-refractivity contribution is -0.127. The van der Waals surface area contributed by atoms with Gasteiger partial charge in [0, 0.05) is 26.2 Å². The summed E-state index contributed by atoms with van der Waals surface area (Å²) >= 11 is 0. The molecule has 30 heavy (non-hydrogen) atoms. The molecule has 0 bridgehead atoms. The highest BCUT2D eigenvalue weighted by molar-refractivity contribution is 5.84. The Morgan fingerprint density at radius 1 is 1.00 bits per heavy atom. The van der Waals surface area contributed by atoms with Crippen molar-refractivity contribution in [1.82, 2.24) is 10.2 Å². The average Bonchev–Trinajstić information content (AvgIpc) is 2.78. The zero-order valence-electron chi connectivity index (χ0n) is 17.3. The van der Waals surface area contributed by atoms with E-state index in [1.807, 2.05) is 48.5 Å². The highest BCUT2D eigenvalue weighted by Crippen LogP contribution is 2.21. The van der Waals surface area contributed by atoms with E-state index in [0.29, 0.717) is 12.3 Å². The summed E-state index contributed by atoms with van der Waals surface area (Å²) in [5, 5.41) is 5.24. The standard InChI is InChI=1S/C25H28N2O3/c1-19(30-24-10-9-22-7-2-3-8-23(22)16-24)25(28)26-17-20-5-4-6-21(15-20)18-27-11-13-29-14-12-27/h2-10,15-16,19H,11-14,17-18H2,1H3,(H,26,28)/t19-/m1/s1. The third-order valence-corrected chi connectivity index (χ3v) is 5.37. The van der Waals surface area contributed by atoms with Crippen LogP contribution in [0.3, 0.4) is 0 Å². The first-order valence-electron chi connectivity index (χ1n) is 10.5. The normalized spacial score (nSPS) is 15.6. The van der Waals surface area contributed by atoms with Crippen LogP contribution in [0.5, 0.6) is 5.75 Å². The van der Waals surface area contributed by atoms with E-state index in [0.717, 1.165) is 49.2 Å². The SMILES string of the molecule is C[C@@H](Oc1ccc2ccccc2c1)C(=O)NCc1cccc(CN2CCOCC2)c1. The third kappa shape index (κ3) is 5.38. The van der Waals surface area contributed by atoms with E-state index >= 15 is 0 Å². The van der Waals surface area contributed by atoms with Crippen molar-refractivity contribution in [3.8, 4) is 5.75 Å². The lowest BCUT2D eigenvalue weighted by Gasteiger charge is -2.26. The molecular weight excluding hydrogens is 376 g/mol. The first-order chi connectivity index (χ1) is 14.7. The number of nitrogens with zero attached hydrogens (tertiary/aromatic N) is 1. The van der Waals surface area contributed by atoms with Crippen LogP contribution in [0.1, 0.15) is 18.1 Å². The lowest BCUT2D eigenvalue weighted by Crippen LogP contribution is -2.36. The van der Waals surface area contributed by atoms with Gasteiger partial charge in [0.15, 0.2) is 6.10 Å². The van der Waals surface area contributed by atoms with Gasteiger partial charge in [0.2, 0.25) is 0 Å². The molecule has 5 heteroatoms. The molecule has 5 nitrogen and oxygen atoms in total. The predicted molar refractivity (Wildman–Crippen MR) is 118 cm³/mol. The molecule has 1 saturated heterocycles. The van der Waals surface area contributed by atoms with Crippen LogP contribution in [-0.2, 0) is 22.6 Å². The molecule has 1 N–H and O–H groups in total. The second-order valence-corrected chi connectivity index (χ2v) is 7.70. The Labute approximate surface area is 177 Å². The van der Waals surface area contributed by atoms with Crippen molar-refractivity contribution in [3.63, 3.8) is 0 Å². The Morgan fingerprint density at radius 2 is 1.77 bits per heavy atom. The zero-order chi connectivity index (χ0) is 20.8. The van der Waals surface area contributed by atoms with Crippen LogP contribution in [0.25, 0.3) is 10.8 Å². The second kappa shape index (κ2) is 9.74. The van der Waals surface area contributed by atoms with Gasteiger partial charge in [-0.15, -0.1) is 0 Å². The van der Waals surface area contributed by atoms with Gasteiger partial charge in [-0.2, -0.15) is 0 Å². The molecule has 0 saturated carbocycles. The fourth-order valence-corrected chi connectivity index (χ4v) is 3.69. The van der Waals surface area contributed by atoms with Gasteiger partial charge in [0.05, 0.1) is 13.2 Å². The number of carbonyl (C=O) groups excluding carboxylic acids is 1. The average molecular weight is 405 g/mol. The minimum Gasteiger partial charge on any atom is -0.481 e. The second-order valence-electron chi connectivity index (χ2n) is 7.70. The monoisotopic (exact) mass is 404 g/mol. The summed E-state index contributed by atoms with van der Waals surface area (Å²) in [5.41, 5.74) is 2.34. The van der Waals surface area contributed by atoms with E-state index in [1.165, 1.54) is 5.56 Å². The maximum Gasteiger partial charge on any atom is 0.261 e. The van der Waals surface area contributed by atoms with Gasteiger partial charge in [0.1, 0.15) is 5.75 Å². The smallest absolute Gasteiger partial charge is 0.261 e. The Bertz CT molecular complexity index is 998. The van der Waals surface area contributed by atoms with Crippen molar-refractivity contribution in [1.29, 1.82) is 0 Å². The number of ether oxygens (including phenoxy) is 2. The first kappa shape index (κ1) is 20.4. The number of carbonyl (C=O) groups is 1. The quantitative estimate of drug-likeness (QED) is 0.652. The van der Waals surface area contributed by atoms with E-state index in [9.17, 15) is 4.79 Å². The fourth-order valence-electron chi connectivity index (χ4n) is 3.69. The molecule has 3 aromatic carbocycles. The molecule has 0 unspecified atom stereocenters. The van der Waals surface area contributed by atoms with Crippen LogP contribution in [-0.4, -0.2) is 43.2 Å². The zero-order valence-corrected chi connectivity index (χ0v) is 17.3. The van der Waals surface area contributed by atoms with Crippen LogP contribution in [0, 0.1) is 0 Å². The number of morpholine rings is 1. The highest BCUT2D eigenvalue weighted by Gasteiger charge is 2.15. The molecule has 1 aliphatic heterocycles. The van der Waals surface area contributed by atoms with Crippen molar-refractivity contribution in [2.24, 2.45) is 0 Å². The van der Waals surface area contributed by atoms with Crippen LogP contribution < -0.4 is 10.1 Å². The minimum absolute atomic E-state index is 0.123. The maximum absolute atomic E-state index is 12.5. The maximum atomic E-state index is 12.5. The van der Waals surface area contributed by atoms with Gasteiger partial charge in [-0.1, -0.05) is 54.6 Å². The molecule has 1 fully saturated rings. The summed E-state index contributed by atoms with van der Waals surface area (Å²) in [5.74, 6) is 0.575. The van der Waals surface area contributed by atoms with E-state index < -0.39 is 6.10 Å². The number of amides is 1. The van der Waals surface area contributed by atoms with Crippen LogP contribution in [0.15, 0.2) is 66.7 Å². The van der Waals surface area contributed by atoms with Gasteiger partial charge in [-0.25, -0.2) is 0 Å². The van der Waals surface area contributed by atoms with Crippen LogP contribution in [0.4, 0.5) is 0 Å². The third-order valence-electron chi connectivity index (χ3n) is 5.37. The molecule has 3 aromatic rings. The van der Waals surface area contributed by atoms with Gasteiger partial charge in [-0.3, -0.25) is 9.69 Å². The first-order valence-corrected chi connectivity index (χ1v) is 10.5. The number of fused-ring (bicyclic) bond motifs is 1. The molecule has 1 aliphatic rings. The van der Waals surface area contributed by atoms with Crippen molar-refractivity contribution < 1.29 is 14.3 Å². The number of rotatable bonds is 7. The molecule has 0 spiro atoms. The van der Waals surface area contributed by atoms with Gasteiger partial charge in [-0.05, 0) is 41.0 Å². The van der Waals surface area contributed by atoms with Crippen molar-refractivity contribution >= 4 is 16.7 Å². The summed E-state index contributed by atoms with van der Waals surface area (Å²) in [6.07, 6.45) is -0.567. The molecule has 0 radical (unpaired) electrons. The molecule has 156 valence electrons. The molecule has 1 heterocycles. The Hall–Kier alpha value is -2.89. The van der Waals surface area contributed by atoms with Crippen molar-refractivity contribution in [2.75, 3.05) is 26.3 Å².